The second kappa shape index (κ2) is 25.8. The highest BCUT2D eigenvalue weighted by molar-refractivity contribution is 5.69. The summed E-state index contributed by atoms with van der Waals surface area (Å²) >= 11 is 0. The molecule has 0 aliphatic rings. The number of unbranched alkanes of at least 4 members (excludes halogenated alkanes) is 14. The maximum atomic E-state index is 11.3. The van der Waals surface area contributed by atoms with Gasteiger partial charge in [-0.05, 0) is 71.9 Å². The molecule has 0 heterocycles. The van der Waals surface area contributed by atoms with Crippen LogP contribution in [0.5, 0.6) is 0 Å². The summed E-state index contributed by atoms with van der Waals surface area (Å²) < 4.78 is 4.95. The van der Waals surface area contributed by atoms with Crippen LogP contribution in [-0.4, -0.2) is 38.1 Å². The number of carbonyl (C=O) groups is 1. The molecule has 0 rings (SSSR count). The topological polar surface area (TPSA) is 29.5 Å². The van der Waals surface area contributed by atoms with E-state index in [0.717, 1.165) is 25.2 Å². The summed E-state index contributed by atoms with van der Waals surface area (Å²) in [4.78, 5) is 13.7. The maximum absolute atomic E-state index is 11.3. The van der Waals surface area contributed by atoms with Crippen LogP contribution in [0.4, 0.5) is 0 Å². The summed E-state index contributed by atoms with van der Waals surface area (Å²) in [5, 5.41) is 0. The third-order valence-corrected chi connectivity index (χ3v) is 6.55. The van der Waals surface area contributed by atoms with E-state index in [2.05, 4.69) is 38.1 Å². The molecule has 0 fully saturated rings. The van der Waals surface area contributed by atoms with Gasteiger partial charge in [0, 0.05) is 13.0 Å². The van der Waals surface area contributed by atoms with Gasteiger partial charge in [0.15, 0.2) is 0 Å². The lowest BCUT2D eigenvalue weighted by atomic mass is 9.93. The highest BCUT2D eigenvalue weighted by Gasteiger charge is 2.09. The zero-order chi connectivity index (χ0) is 24.4. The van der Waals surface area contributed by atoms with Crippen molar-refractivity contribution in [3.8, 4) is 0 Å². The number of esters is 1. The molecule has 1 atom stereocenters. The first-order chi connectivity index (χ1) is 16.1. The Bertz CT molecular complexity index is 433. The van der Waals surface area contributed by atoms with Gasteiger partial charge in [0.2, 0.25) is 0 Å². The average molecular weight is 466 g/mol. The Morgan fingerprint density at radius 3 is 1.70 bits per heavy atom. The van der Waals surface area contributed by atoms with Crippen LogP contribution in [0, 0.1) is 5.92 Å². The van der Waals surface area contributed by atoms with Crippen molar-refractivity contribution in [3.63, 3.8) is 0 Å². The molecule has 0 saturated heterocycles. The van der Waals surface area contributed by atoms with Crippen LogP contribution in [0.3, 0.4) is 0 Å². The van der Waals surface area contributed by atoms with Crippen LogP contribution in [0.2, 0.25) is 0 Å². The Hall–Kier alpha value is -0.830. The van der Waals surface area contributed by atoms with Gasteiger partial charge < -0.3 is 9.64 Å². The second-order valence-electron chi connectivity index (χ2n) is 10.3. The van der Waals surface area contributed by atoms with Crippen LogP contribution < -0.4 is 0 Å². The Morgan fingerprint density at radius 1 is 0.697 bits per heavy atom. The fourth-order valence-electron chi connectivity index (χ4n) is 4.64. The minimum Gasteiger partial charge on any atom is -0.466 e. The zero-order valence-corrected chi connectivity index (χ0v) is 23.1. The molecule has 0 aliphatic heterocycles. The average Bonchev–Trinajstić information content (AvgIpc) is 2.78. The van der Waals surface area contributed by atoms with Crippen LogP contribution in [0.25, 0.3) is 0 Å². The Morgan fingerprint density at radius 2 is 1.18 bits per heavy atom. The number of rotatable bonds is 25. The van der Waals surface area contributed by atoms with Crippen LogP contribution in [-0.2, 0) is 9.53 Å². The first kappa shape index (κ1) is 32.2. The van der Waals surface area contributed by atoms with E-state index in [-0.39, 0.29) is 5.97 Å². The number of carbonyl (C=O) groups excluding carboxylic acids is 1. The lowest BCUT2D eigenvalue weighted by molar-refractivity contribution is -0.143. The summed E-state index contributed by atoms with van der Waals surface area (Å²) in [5.41, 5.74) is 0. The number of allylic oxidation sites excluding steroid dienone is 2. The largest absolute Gasteiger partial charge is 0.466 e. The summed E-state index contributed by atoms with van der Waals surface area (Å²) in [6.07, 6.45) is 30.6. The Labute approximate surface area is 208 Å². The molecule has 0 aromatic heterocycles. The number of ether oxygens (including phenoxy) is 1. The van der Waals surface area contributed by atoms with Crippen LogP contribution in [0.15, 0.2) is 12.2 Å². The maximum Gasteiger partial charge on any atom is 0.305 e. The van der Waals surface area contributed by atoms with Crippen molar-refractivity contribution in [1.82, 2.24) is 4.90 Å². The molecular weight excluding hydrogens is 406 g/mol. The van der Waals surface area contributed by atoms with Gasteiger partial charge in [0.25, 0.3) is 0 Å². The van der Waals surface area contributed by atoms with Gasteiger partial charge in [-0.1, -0.05) is 96.1 Å². The zero-order valence-electron chi connectivity index (χ0n) is 23.1. The molecule has 3 heteroatoms. The predicted octanol–water partition coefficient (Wildman–Crippen LogP) is 9.11. The standard InChI is InChI=1S/C30H59NO2/c1-5-7-8-9-19-22-25-29(28-31(3)4)26-23-20-17-15-13-11-10-12-14-16-18-21-24-27-30(32)33-6-2/h12,14,29H,5-11,13,15-28H2,1-4H3/b14-12-. The number of hydrogen-bond acceptors (Lipinski definition) is 3. The van der Waals surface area contributed by atoms with Gasteiger partial charge in [0.05, 0.1) is 6.61 Å². The summed E-state index contributed by atoms with van der Waals surface area (Å²) in [7, 11) is 4.46. The normalized spacial score (nSPS) is 12.6. The van der Waals surface area contributed by atoms with Crippen molar-refractivity contribution in [2.45, 2.75) is 142 Å². The lowest BCUT2D eigenvalue weighted by Gasteiger charge is -2.21. The monoisotopic (exact) mass is 465 g/mol. The molecule has 0 radical (unpaired) electrons. The molecule has 0 amide bonds. The van der Waals surface area contributed by atoms with E-state index in [9.17, 15) is 4.79 Å². The lowest BCUT2D eigenvalue weighted by Crippen LogP contribution is -2.21. The van der Waals surface area contributed by atoms with Crippen molar-refractivity contribution in [1.29, 1.82) is 0 Å². The molecule has 33 heavy (non-hydrogen) atoms. The van der Waals surface area contributed by atoms with Crippen molar-refractivity contribution in [2.75, 3.05) is 27.2 Å². The van der Waals surface area contributed by atoms with Gasteiger partial charge in [-0.2, -0.15) is 0 Å². The van der Waals surface area contributed by atoms with Crippen LogP contribution >= 0.6 is 0 Å². The van der Waals surface area contributed by atoms with Gasteiger partial charge in [-0.3, -0.25) is 4.79 Å². The highest BCUT2D eigenvalue weighted by atomic mass is 16.5. The molecule has 0 N–H and O–H groups in total. The Kier molecular flexibility index (Phi) is 25.1. The molecule has 0 bridgehead atoms. The Balaban J connectivity index is 3.52. The molecule has 0 spiro atoms. The van der Waals surface area contributed by atoms with Gasteiger partial charge in [-0.25, -0.2) is 0 Å². The van der Waals surface area contributed by atoms with Gasteiger partial charge >= 0.3 is 5.97 Å². The molecule has 0 aliphatic carbocycles. The first-order valence-electron chi connectivity index (χ1n) is 14.5. The van der Waals surface area contributed by atoms with E-state index in [0.29, 0.717) is 13.0 Å². The fourth-order valence-corrected chi connectivity index (χ4v) is 4.64. The summed E-state index contributed by atoms with van der Waals surface area (Å²) in [6, 6.07) is 0. The fraction of sp³-hybridized carbons (Fsp3) is 0.900. The van der Waals surface area contributed by atoms with Crippen molar-refractivity contribution < 1.29 is 9.53 Å². The predicted molar refractivity (Wildman–Crippen MR) is 146 cm³/mol. The van der Waals surface area contributed by atoms with Gasteiger partial charge in [0.1, 0.15) is 0 Å². The summed E-state index contributed by atoms with van der Waals surface area (Å²) in [6.45, 7) is 5.93. The second-order valence-corrected chi connectivity index (χ2v) is 10.3. The molecule has 0 aromatic rings. The molecular formula is C30H59NO2. The molecule has 3 nitrogen and oxygen atoms in total. The van der Waals surface area contributed by atoms with Crippen molar-refractivity contribution in [3.05, 3.63) is 12.2 Å². The SMILES string of the molecule is CCCCCCCCC(CCCCCCCC/C=C\CCCCCC(=O)OCC)CN(C)C. The summed E-state index contributed by atoms with van der Waals surface area (Å²) in [5.74, 6) is 0.857. The number of hydrogen-bond donors (Lipinski definition) is 0. The molecule has 196 valence electrons. The van der Waals surface area contributed by atoms with Crippen molar-refractivity contribution in [2.24, 2.45) is 5.92 Å². The van der Waals surface area contributed by atoms with E-state index >= 15 is 0 Å². The van der Waals surface area contributed by atoms with E-state index in [4.69, 9.17) is 4.74 Å². The van der Waals surface area contributed by atoms with Crippen LogP contribution in [0.1, 0.15) is 142 Å². The van der Waals surface area contributed by atoms with E-state index in [1.807, 2.05) is 6.92 Å². The van der Waals surface area contributed by atoms with E-state index < -0.39 is 0 Å². The smallest absolute Gasteiger partial charge is 0.305 e. The minimum absolute atomic E-state index is 0.0467. The molecule has 0 saturated carbocycles. The minimum atomic E-state index is -0.0467. The molecule has 1 unspecified atom stereocenters. The first-order valence-corrected chi connectivity index (χ1v) is 14.5. The third kappa shape index (κ3) is 25.6. The van der Waals surface area contributed by atoms with E-state index in [1.54, 1.807) is 0 Å². The highest BCUT2D eigenvalue weighted by Crippen LogP contribution is 2.20. The van der Waals surface area contributed by atoms with Gasteiger partial charge in [-0.15, -0.1) is 0 Å². The van der Waals surface area contributed by atoms with E-state index in [1.165, 1.54) is 109 Å². The molecule has 0 aromatic carbocycles. The van der Waals surface area contributed by atoms with Crippen molar-refractivity contribution >= 4 is 5.97 Å². The third-order valence-electron chi connectivity index (χ3n) is 6.55. The number of nitrogens with zero attached hydrogens (tertiary/aromatic N) is 1. The quantitative estimate of drug-likeness (QED) is 0.0764.